The zero-order valence-corrected chi connectivity index (χ0v) is 9.89. The molecule has 0 bridgehead atoms. The smallest absolute Gasteiger partial charge is 0.0679 e. The van der Waals surface area contributed by atoms with Gasteiger partial charge in [-0.1, -0.05) is 18.2 Å². The van der Waals surface area contributed by atoms with Crippen molar-refractivity contribution >= 4 is 10.9 Å². The van der Waals surface area contributed by atoms with Gasteiger partial charge in [-0.05, 0) is 24.5 Å². The van der Waals surface area contributed by atoms with Crippen LogP contribution in [0.25, 0.3) is 10.9 Å². The second-order valence-corrected chi connectivity index (χ2v) is 4.85. The summed E-state index contributed by atoms with van der Waals surface area (Å²) in [5.74, 6) is 0. The molecular weight excluding hydrogens is 212 g/mol. The summed E-state index contributed by atoms with van der Waals surface area (Å²) in [4.78, 5) is 5.64. The van der Waals surface area contributed by atoms with Crippen LogP contribution >= 0.6 is 0 Å². The van der Waals surface area contributed by atoms with Crippen LogP contribution in [0.2, 0.25) is 0 Å². The minimum Gasteiger partial charge on any atom is -0.392 e. The molecule has 2 N–H and O–H groups in total. The molecule has 0 saturated carbocycles. The topological polar surface area (TPSA) is 39.3 Å². The van der Waals surface area contributed by atoms with Gasteiger partial charge >= 0.3 is 0 Å². The number of aliphatic hydroxyl groups is 1. The normalized spacial score (nSPS) is 21.4. The van der Waals surface area contributed by atoms with Crippen molar-refractivity contribution in [3.63, 3.8) is 0 Å². The van der Waals surface area contributed by atoms with Crippen LogP contribution in [0.1, 0.15) is 12.0 Å². The predicted molar refractivity (Wildman–Crippen MR) is 69.1 cm³/mol. The number of aromatic nitrogens is 1. The van der Waals surface area contributed by atoms with Gasteiger partial charge in [0.05, 0.1) is 6.10 Å². The molecule has 1 aromatic heterocycles. The predicted octanol–water partition coefficient (Wildman–Crippen LogP) is 1.78. The van der Waals surface area contributed by atoms with E-state index in [-0.39, 0.29) is 6.10 Å². The molecule has 1 atom stereocenters. The Bertz CT molecular complexity index is 506. The first-order valence-corrected chi connectivity index (χ1v) is 6.28. The van der Waals surface area contributed by atoms with E-state index in [4.69, 9.17) is 0 Å². The van der Waals surface area contributed by atoms with Crippen LogP contribution in [0.3, 0.4) is 0 Å². The molecule has 3 nitrogen and oxygen atoms in total. The third kappa shape index (κ3) is 2.21. The summed E-state index contributed by atoms with van der Waals surface area (Å²) in [6, 6.07) is 8.41. The Labute approximate surface area is 101 Å². The number of para-hydroxylation sites is 1. The number of nitrogens with zero attached hydrogens (tertiary/aromatic N) is 1. The molecule has 0 amide bonds. The molecule has 1 unspecified atom stereocenters. The highest BCUT2D eigenvalue weighted by molar-refractivity contribution is 5.83. The molecule has 2 aromatic rings. The molecule has 1 aliphatic heterocycles. The first kappa shape index (κ1) is 10.8. The van der Waals surface area contributed by atoms with E-state index in [1.54, 1.807) is 0 Å². The molecule has 3 heteroatoms. The fourth-order valence-corrected chi connectivity index (χ4v) is 2.63. The molecular formula is C14H18N2O. The van der Waals surface area contributed by atoms with E-state index < -0.39 is 0 Å². The van der Waals surface area contributed by atoms with Gasteiger partial charge in [0.1, 0.15) is 0 Å². The number of hydrogen-bond donors (Lipinski definition) is 2. The highest BCUT2D eigenvalue weighted by atomic mass is 16.3. The fraction of sp³-hybridized carbons (Fsp3) is 0.429. The Morgan fingerprint density at radius 2 is 2.24 bits per heavy atom. The number of likely N-dealkylation sites (tertiary alicyclic amines) is 1. The van der Waals surface area contributed by atoms with E-state index in [2.05, 4.69) is 40.3 Å². The third-order valence-electron chi connectivity index (χ3n) is 3.62. The number of aliphatic hydroxyl groups excluding tert-OH is 1. The van der Waals surface area contributed by atoms with E-state index >= 15 is 0 Å². The second-order valence-electron chi connectivity index (χ2n) is 4.85. The van der Waals surface area contributed by atoms with E-state index in [1.807, 2.05) is 0 Å². The van der Waals surface area contributed by atoms with Crippen LogP contribution in [0, 0.1) is 0 Å². The first-order chi connectivity index (χ1) is 8.33. The third-order valence-corrected chi connectivity index (χ3v) is 3.62. The van der Waals surface area contributed by atoms with Crippen molar-refractivity contribution in [1.82, 2.24) is 9.88 Å². The van der Waals surface area contributed by atoms with Crippen molar-refractivity contribution in [2.45, 2.75) is 18.9 Å². The Kier molecular flexibility index (Phi) is 2.87. The molecule has 1 saturated heterocycles. The summed E-state index contributed by atoms with van der Waals surface area (Å²) < 4.78 is 0. The number of β-amino-alcohol motifs (C(OH)–C–C–N with tert-alkyl or cyclic N) is 1. The van der Waals surface area contributed by atoms with Gasteiger partial charge in [-0.3, -0.25) is 0 Å². The number of fused-ring (bicyclic) bond motifs is 1. The van der Waals surface area contributed by atoms with Crippen molar-refractivity contribution in [2.24, 2.45) is 0 Å². The maximum absolute atomic E-state index is 9.48. The van der Waals surface area contributed by atoms with Crippen molar-refractivity contribution in [2.75, 3.05) is 19.6 Å². The molecule has 17 heavy (non-hydrogen) atoms. The highest BCUT2D eigenvalue weighted by Crippen LogP contribution is 2.19. The first-order valence-electron chi connectivity index (χ1n) is 6.28. The molecule has 3 rings (SSSR count). The molecule has 0 radical (unpaired) electrons. The molecule has 1 aromatic carbocycles. The van der Waals surface area contributed by atoms with Crippen LogP contribution in [0.15, 0.2) is 30.5 Å². The molecule has 1 aliphatic rings. The van der Waals surface area contributed by atoms with Crippen LogP contribution in [-0.2, 0) is 6.42 Å². The largest absolute Gasteiger partial charge is 0.392 e. The van der Waals surface area contributed by atoms with Gasteiger partial charge in [-0.25, -0.2) is 0 Å². The Balaban J connectivity index is 1.69. The van der Waals surface area contributed by atoms with Crippen LogP contribution < -0.4 is 0 Å². The highest BCUT2D eigenvalue weighted by Gasteiger charge is 2.19. The average molecular weight is 230 g/mol. The Morgan fingerprint density at radius 3 is 3.06 bits per heavy atom. The number of nitrogens with one attached hydrogen (secondary N) is 1. The van der Waals surface area contributed by atoms with Crippen LogP contribution in [-0.4, -0.2) is 40.7 Å². The molecule has 0 spiro atoms. The summed E-state index contributed by atoms with van der Waals surface area (Å²) in [5, 5.41) is 10.8. The van der Waals surface area contributed by atoms with E-state index in [0.29, 0.717) is 0 Å². The van der Waals surface area contributed by atoms with E-state index in [1.165, 1.54) is 16.5 Å². The number of hydrogen-bond acceptors (Lipinski definition) is 2. The van der Waals surface area contributed by atoms with E-state index in [0.717, 1.165) is 32.5 Å². The second kappa shape index (κ2) is 4.51. The van der Waals surface area contributed by atoms with Gasteiger partial charge in [-0.15, -0.1) is 0 Å². The lowest BCUT2D eigenvalue weighted by molar-refractivity contribution is 0.177. The zero-order chi connectivity index (χ0) is 11.7. The van der Waals surface area contributed by atoms with Gasteiger partial charge in [0.25, 0.3) is 0 Å². The van der Waals surface area contributed by atoms with Crippen molar-refractivity contribution < 1.29 is 5.11 Å². The maximum atomic E-state index is 9.48. The lowest BCUT2D eigenvalue weighted by atomic mass is 10.1. The quantitative estimate of drug-likeness (QED) is 0.843. The summed E-state index contributed by atoms with van der Waals surface area (Å²) in [7, 11) is 0. The van der Waals surface area contributed by atoms with Gasteiger partial charge < -0.3 is 15.0 Å². The number of H-pyrrole nitrogens is 1. The minimum absolute atomic E-state index is 0.113. The summed E-state index contributed by atoms with van der Waals surface area (Å²) in [5.41, 5.74) is 2.59. The number of aromatic amines is 1. The van der Waals surface area contributed by atoms with Crippen molar-refractivity contribution in [3.8, 4) is 0 Å². The lowest BCUT2D eigenvalue weighted by Crippen LogP contribution is -2.24. The van der Waals surface area contributed by atoms with Gasteiger partial charge in [0, 0.05) is 36.7 Å². The van der Waals surface area contributed by atoms with Crippen LogP contribution in [0.5, 0.6) is 0 Å². The minimum atomic E-state index is -0.113. The van der Waals surface area contributed by atoms with Gasteiger partial charge in [0.2, 0.25) is 0 Å². The van der Waals surface area contributed by atoms with Gasteiger partial charge in [0.15, 0.2) is 0 Å². The Morgan fingerprint density at radius 1 is 1.35 bits per heavy atom. The molecule has 1 fully saturated rings. The van der Waals surface area contributed by atoms with Gasteiger partial charge in [-0.2, -0.15) is 0 Å². The number of rotatable bonds is 3. The fourth-order valence-electron chi connectivity index (χ4n) is 2.63. The SMILES string of the molecule is OC1CCN(CCc2c[nH]c3ccccc23)C1. The molecule has 0 aliphatic carbocycles. The van der Waals surface area contributed by atoms with E-state index in [9.17, 15) is 5.11 Å². The van der Waals surface area contributed by atoms with Crippen molar-refractivity contribution in [3.05, 3.63) is 36.0 Å². The summed E-state index contributed by atoms with van der Waals surface area (Å²) >= 11 is 0. The summed E-state index contributed by atoms with van der Waals surface area (Å²) in [6.45, 7) is 2.91. The molecule has 2 heterocycles. The molecule has 90 valence electrons. The average Bonchev–Trinajstić information content (AvgIpc) is 2.93. The summed E-state index contributed by atoms with van der Waals surface area (Å²) in [6.07, 6.45) is 3.97. The van der Waals surface area contributed by atoms with Crippen LogP contribution in [0.4, 0.5) is 0 Å². The Hall–Kier alpha value is -1.32. The number of benzene rings is 1. The zero-order valence-electron chi connectivity index (χ0n) is 9.89. The van der Waals surface area contributed by atoms with Crippen molar-refractivity contribution in [1.29, 1.82) is 0 Å². The lowest BCUT2D eigenvalue weighted by Gasteiger charge is -2.13. The standard InChI is InChI=1S/C14H18N2O/c17-12-6-8-16(10-12)7-5-11-9-15-14-4-2-1-3-13(11)14/h1-4,9,12,15,17H,5-8,10H2. The maximum Gasteiger partial charge on any atom is 0.0679 e. The monoisotopic (exact) mass is 230 g/mol.